The molecule has 1 heterocycles. The van der Waals surface area contributed by atoms with Gasteiger partial charge in [-0.15, -0.1) is 0 Å². The number of hydrogen-bond acceptors (Lipinski definition) is 3. The van der Waals surface area contributed by atoms with Gasteiger partial charge in [0.1, 0.15) is 0 Å². The average molecular weight is 262 g/mol. The van der Waals surface area contributed by atoms with Crippen LogP contribution >= 0.6 is 0 Å². The third-order valence-electron chi connectivity index (χ3n) is 3.23. The predicted octanol–water partition coefficient (Wildman–Crippen LogP) is 1.27. The van der Waals surface area contributed by atoms with E-state index in [0.717, 1.165) is 30.6 Å². The molecule has 1 aliphatic heterocycles. The monoisotopic (exact) mass is 262 g/mol. The molecule has 19 heavy (non-hydrogen) atoms. The maximum Gasteiger partial charge on any atom is 0.335 e. The first-order chi connectivity index (χ1) is 9.11. The van der Waals surface area contributed by atoms with Crippen LogP contribution in [0.3, 0.4) is 0 Å². The Balaban J connectivity index is 2.09. The number of carbonyl (C=O) groups excluding carboxylic acids is 1. The number of carboxylic acid groups (broad SMARTS) is 1. The number of hydrogen-bond donors (Lipinski definition) is 2. The molecule has 0 unspecified atom stereocenters. The maximum absolute atomic E-state index is 11.7. The fraction of sp³-hybridized carbons (Fsp3) is 0.429. The van der Waals surface area contributed by atoms with Gasteiger partial charge < -0.3 is 15.3 Å². The van der Waals surface area contributed by atoms with Gasteiger partial charge in [0.05, 0.1) is 12.1 Å². The van der Waals surface area contributed by atoms with Crippen molar-refractivity contribution in [1.82, 2.24) is 5.32 Å². The van der Waals surface area contributed by atoms with E-state index in [0.29, 0.717) is 6.54 Å². The molecule has 1 aliphatic rings. The van der Waals surface area contributed by atoms with Crippen molar-refractivity contribution in [1.29, 1.82) is 0 Å². The molecule has 2 rings (SSSR count). The van der Waals surface area contributed by atoms with Crippen LogP contribution in [0, 0.1) is 0 Å². The fourth-order valence-corrected chi connectivity index (χ4v) is 2.24. The molecule has 5 nitrogen and oxygen atoms in total. The lowest BCUT2D eigenvalue weighted by atomic mass is 10.1. The fourth-order valence-electron chi connectivity index (χ4n) is 2.24. The second-order valence-electron chi connectivity index (χ2n) is 4.67. The van der Waals surface area contributed by atoms with Crippen LogP contribution < -0.4 is 10.2 Å². The quantitative estimate of drug-likeness (QED) is 0.838. The zero-order valence-corrected chi connectivity index (χ0v) is 11.0. The Morgan fingerprint density at radius 3 is 2.89 bits per heavy atom. The number of benzene rings is 1. The van der Waals surface area contributed by atoms with E-state index in [9.17, 15) is 9.59 Å². The maximum atomic E-state index is 11.7. The van der Waals surface area contributed by atoms with Gasteiger partial charge in [-0.05, 0) is 30.5 Å². The lowest BCUT2D eigenvalue weighted by Gasteiger charge is -2.19. The summed E-state index contributed by atoms with van der Waals surface area (Å²) in [5.74, 6) is -0.958. The number of nitrogens with one attached hydrogen (secondary N) is 1. The number of aromatic carboxylic acids is 1. The summed E-state index contributed by atoms with van der Waals surface area (Å²) in [5, 5.41) is 11.8. The van der Waals surface area contributed by atoms with Crippen molar-refractivity contribution in [2.24, 2.45) is 0 Å². The van der Waals surface area contributed by atoms with Crippen LogP contribution in [0.15, 0.2) is 18.2 Å². The van der Waals surface area contributed by atoms with Gasteiger partial charge in [-0.1, -0.05) is 13.0 Å². The smallest absolute Gasteiger partial charge is 0.335 e. The molecule has 5 heteroatoms. The van der Waals surface area contributed by atoms with Gasteiger partial charge in [0.15, 0.2) is 0 Å². The van der Waals surface area contributed by atoms with Crippen molar-refractivity contribution >= 4 is 17.6 Å². The molecule has 1 aromatic rings. The highest BCUT2D eigenvalue weighted by Gasteiger charge is 2.22. The predicted molar refractivity (Wildman–Crippen MR) is 72.6 cm³/mol. The highest BCUT2D eigenvalue weighted by Crippen LogP contribution is 2.28. The molecular formula is C14H18N2O3. The summed E-state index contributed by atoms with van der Waals surface area (Å²) in [7, 11) is 0. The van der Waals surface area contributed by atoms with Crippen LogP contribution in [0.1, 0.15) is 29.3 Å². The van der Waals surface area contributed by atoms with Gasteiger partial charge in [0.2, 0.25) is 5.91 Å². The van der Waals surface area contributed by atoms with E-state index in [1.807, 2.05) is 17.9 Å². The van der Waals surface area contributed by atoms with Gasteiger partial charge in [0.25, 0.3) is 0 Å². The minimum absolute atomic E-state index is 0.0181. The number of carboxylic acids is 1. The zero-order chi connectivity index (χ0) is 13.8. The van der Waals surface area contributed by atoms with E-state index in [-0.39, 0.29) is 18.0 Å². The first kappa shape index (κ1) is 13.4. The summed E-state index contributed by atoms with van der Waals surface area (Å²) in [6.07, 6.45) is 1.77. The summed E-state index contributed by atoms with van der Waals surface area (Å²) < 4.78 is 0. The molecule has 0 radical (unpaired) electrons. The molecular weight excluding hydrogens is 244 g/mol. The van der Waals surface area contributed by atoms with Crippen molar-refractivity contribution in [3.05, 3.63) is 29.3 Å². The van der Waals surface area contributed by atoms with Gasteiger partial charge in [-0.25, -0.2) is 4.79 Å². The Hall–Kier alpha value is -2.04. The van der Waals surface area contributed by atoms with E-state index in [4.69, 9.17) is 5.11 Å². The van der Waals surface area contributed by atoms with Gasteiger partial charge in [-0.3, -0.25) is 4.79 Å². The largest absolute Gasteiger partial charge is 0.478 e. The molecule has 1 amide bonds. The number of fused-ring (bicyclic) bond motifs is 1. The van der Waals surface area contributed by atoms with Crippen LogP contribution in [0.4, 0.5) is 5.69 Å². The highest BCUT2D eigenvalue weighted by molar-refractivity contribution is 5.90. The first-order valence-corrected chi connectivity index (χ1v) is 6.49. The number of anilines is 1. The van der Waals surface area contributed by atoms with E-state index < -0.39 is 5.97 Å². The first-order valence-electron chi connectivity index (χ1n) is 6.49. The van der Waals surface area contributed by atoms with Crippen molar-refractivity contribution in [2.45, 2.75) is 19.8 Å². The highest BCUT2D eigenvalue weighted by atomic mass is 16.4. The Morgan fingerprint density at radius 2 is 2.21 bits per heavy atom. The number of rotatable bonds is 5. The van der Waals surface area contributed by atoms with Crippen LogP contribution in [-0.4, -0.2) is 36.6 Å². The molecule has 0 aliphatic carbocycles. The molecule has 0 fully saturated rings. The lowest BCUT2D eigenvalue weighted by Crippen LogP contribution is -2.36. The van der Waals surface area contributed by atoms with E-state index >= 15 is 0 Å². The molecule has 0 spiro atoms. The summed E-state index contributed by atoms with van der Waals surface area (Å²) in [6.45, 7) is 3.73. The molecule has 0 saturated carbocycles. The van der Waals surface area contributed by atoms with Crippen molar-refractivity contribution in [3.8, 4) is 0 Å². The Kier molecular flexibility index (Phi) is 4.04. The molecule has 2 N–H and O–H groups in total. The second kappa shape index (κ2) is 5.73. The molecule has 0 saturated heterocycles. The van der Waals surface area contributed by atoms with Crippen LogP contribution in [-0.2, 0) is 11.2 Å². The topological polar surface area (TPSA) is 69.6 Å². The van der Waals surface area contributed by atoms with Crippen LogP contribution in [0.2, 0.25) is 0 Å². The van der Waals surface area contributed by atoms with Crippen molar-refractivity contribution in [2.75, 3.05) is 24.5 Å². The lowest BCUT2D eigenvalue weighted by molar-refractivity contribution is -0.119. The van der Waals surface area contributed by atoms with Crippen molar-refractivity contribution < 1.29 is 14.7 Å². The number of carbonyl (C=O) groups is 2. The second-order valence-corrected chi connectivity index (χ2v) is 4.67. The minimum Gasteiger partial charge on any atom is -0.478 e. The molecule has 0 aromatic heterocycles. The minimum atomic E-state index is -0.940. The summed E-state index contributed by atoms with van der Waals surface area (Å²) in [4.78, 5) is 24.6. The van der Waals surface area contributed by atoms with E-state index in [1.54, 1.807) is 12.1 Å². The summed E-state index contributed by atoms with van der Waals surface area (Å²) >= 11 is 0. The standard InChI is InChI=1S/C14H18N2O3/c1-2-6-15-13(17)9-16-7-5-10-3-4-11(14(18)19)8-12(10)16/h3-4,8H,2,5-7,9H2,1H3,(H,15,17)(H,18,19). The van der Waals surface area contributed by atoms with Crippen LogP contribution in [0.25, 0.3) is 0 Å². The summed E-state index contributed by atoms with van der Waals surface area (Å²) in [6, 6.07) is 5.10. The van der Waals surface area contributed by atoms with Crippen LogP contribution in [0.5, 0.6) is 0 Å². The molecule has 0 atom stereocenters. The van der Waals surface area contributed by atoms with Gasteiger partial charge >= 0.3 is 5.97 Å². The summed E-state index contributed by atoms with van der Waals surface area (Å²) in [5.41, 5.74) is 2.24. The van der Waals surface area contributed by atoms with Crippen molar-refractivity contribution in [3.63, 3.8) is 0 Å². The molecule has 0 bridgehead atoms. The van der Waals surface area contributed by atoms with Gasteiger partial charge in [-0.2, -0.15) is 0 Å². The molecule has 102 valence electrons. The average Bonchev–Trinajstić information content (AvgIpc) is 2.78. The van der Waals surface area contributed by atoms with Gasteiger partial charge in [0, 0.05) is 18.8 Å². The molecule has 1 aromatic carbocycles. The Bertz CT molecular complexity index is 499. The van der Waals surface area contributed by atoms with E-state index in [2.05, 4.69) is 5.32 Å². The Labute approximate surface area is 112 Å². The Morgan fingerprint density at radius 1 is 1.42 bits per heavy atom. The third-order valence-corrected chi connectivity index (χ3v) is 3.23. The zero-order valence-electron chi connectivity index (χ0n) is 11.0. The normalized spacial score (nSPS) is 13.2. The number of amides is 1. The third kappa shape index (κ3) is 3.05. The SMILES string of the molecule is CCCNC(=O)CN1CCc2ccc(C(=O)O)cc21. The van der Waals surface area contributed by atoms with E-state index in [1.165, 1.54) is 0 Å². The number of nitrogens with zero attached hydrogens (tertiary/aromatic N) is 1.